The summed E-state index contributed by atoms with van der Waals surface area (Å²) in [5, 5.41) is 16.2. The summed E-state index contributed by atoms with van der Waals surface area (Å²) in [6, 6.07) is 0.0277. The van der Waals surface area contributed by atoms with Crippen molar-refractivity contribution < 1.29 is 9.90 Å². The standard InChI is InChI=1S/C16H31N3O2/c1-16(2,21)7-10-19-9-4-5-13(12-19)11-18-15(20)14-6-3-8-17-14/h13-14,17,21H,3-12H2,1-2H3,(H,18,20). The monoisotopic (exact) mass is 297 g/mol. The van der Waals surface area contributed by atoms with Crippen LogP contribution in [-0.2, 0) is 4.79 Å². The molecule has 0 aliphatic carbocycles. The molecule has 2 aliphatic rings. The van der Waals surface area contributed by atoms with Crippen LogP contribution < -0.4 is 10.6 Å². The first kappa shape index (κ1) is 16.7. The topological polar surface area (TPSA) is 64.6 Å². The summed E-state index contributed by atoms with van der Waals surface area (Å²) in [6.07, 6.45) is 5.25. The van der Waals surface area contributed by atoms with Gasteiger partial charge in [-0.1, -0.05) is 0 Å². The van der Waals surface area contributed by atoms with Gasteiger partial charge in [-0.05, 0) is 65.0 Å². The highest BCUT2D eigenvalue weighted by atomic mass is 16.3. The van der Waals surface area contributed by atoms with E-state index in [4.69, 9.17) is 0 Å². The molecule has 5 heteroatoms. The third-order valence-corrected chi connectivity index (χ3v) is 4.58. The van der Waals surface area contributed by atoms with Crippen LogP contribution in [-0.4, -0.2) is 60.3 Å². The third kappa shape index (κ3) is 5.93. The summed E-state index contributed by atoms with van der Waals surface area (Å²) in [7, 11) is 0. The Labute approximate surface area is 128 Å². The second-order valence-corrected chi connectivity index (χ2v) is 7.27. The van der Waals surface area contributed by atoms with Gasteiger partial charge >= 0.3 is 0 Å². The molecule has 0 aromatic carbocycles. The lowest BCUT2D eigenvalue weighted by Crippen LogP contribution is -2.46. The number of nitrogens with zero attached hydrogens (tertiary/aromatic N) is 1. The fourth-order valence-corrected chi connectivity index (χ4v) is 3.23. The first-order chi connectivity index (χ1) is 9.94. The highest BCUT2D eigenvalue weighted by Crippen LogP contribution is 2.18. The molecule has 5 nitrogen and oxygen atoms in total. The van der Waals surface area contributed by atoms with Gasteiger partial charge in [0.2, 0.25) is 5.91 Å². The molecule has 0 spiro atoms. The van der Waals surface area contributed by atoms with Gasteiger partial charge < -0.3 is 20.6 Å². The van der Waals surface area contributed by atoms with Gasteiger partial charge in [-0.3, -0.25) is 4.79 Å². The molecule has 1 amide bonds. The lowest BCUT2D eigenvalue weighted by molar-refractivity contribution is -0.123. The first-order valence-electron chi connectivity index (χ1n) is 8.40. The molecule has 2 fully saturated rings. The number of piperidine rings is 1. The molecule has 2 aliphatic heterocycles. The molecule has 0 bridgehead atoms. The van der Waals surface area contributed by atoms with Crippen LogP contribution in [0.4, 0.5) is 0 Å². The van der Waals surface area contributed by atoms with Crippen LogP contribution in [0.5, 0.6) is 0 Å². The van der Waals surface area contributed by atoms with E-state index in [0.717, 1.165) is 52.0 Å². The maximum atomic E-state index is 12.0. The van der Waals surface area contributed by atoms with Crippen molar-refractivity contribution >= 4 is 5.91 Å². The van der Waals surface area contributed by atoms with E-state index in [0.29, 0.717) is 5.92 Å². The van der Waals surface area contributed by atoms with E-state index in [1.165, 1.54) is 12.8 Å². The SMILES string of the molecule is CC(C)(O)CCN1CCCC(CNC(=O)C2CCCN2)C1. The van der Waals surface area contributed by atoms with Gasteiger partial charge in [0, 0.05) is 19.6 Å². The zero-order valence-electron chi connectivity index (χ0n) is 13.5. The minimum Gasteiger partial charge on any atom is -0.390 e. The number of carbonyl (C=O) groups excluding carboxylic acids is 1. The first-order valence-corrected chi connectivity index (χ1v) is 8.40. The minimum absolute atomic E-state index is 0.0277. The average molecular weight is 297 g/mol. The van der Waals surface area contributed by atoms with E-state index < -0.39 is 5.60 Å². The molecule has 3 N–H and O–H groups in total. The van der Waals surface area contributed by atoms with Crippen molar-refractivity contribution in [1.29, 1.82) is 0 Å². The summed E-state index contributed by atoms with van der Waals surface area (Å²) in [5.41, 5.74) is -0.588. The predicted octanol–water partition coefficient (Wildman–Crippen LogP) is 0.728. The highest BCUT2D eigenvalue weighted by molar-refractivity contribution is 5.81. The van der Waals surface area contributed by atoms with E-state index in [9.17, 15) is 9.90 Å². The Morgan fingerprint density at radius 1 is 1.38 bits per heavy atom. The van der Waals surface area contributed by atoms with Gasteiger partial charge in [-0.2, -0.15) is 0 Å². The number of nitrogens with one attached hydrogen (secondary N) is 2. The molecular formula is C16H31N3O2. The van der Waals surface area contributed by atoms with Crippen molar-refractivity contribution in [2.75, 3.05) is 32.7 Å². The van der Waals surface area contributed by atoms with E-state index in [1.54, 1.807) is 0 Å². The Hall–Kier alpha value is -0.650. The lowest BCUT2D eigenvalue weighted by atomic mass is 9.96. The second kappa shape index (κ2) is 7.56. The van der Waals surface area contributed by atoms with Crippen LogP contribution in [0.3, 0.4) is 0 Å². The molecule has 0 aromatic heterocycles. The fourth-order valence-electron chi connectivity index (χ4n) is 3.23. The number of hydrogen-bond donors (Lipinski definition) is 3. The van der Waals surface area contributed by atoms with Crippen LogP contribution in [0.25, 0.3) is 0 Å². The van der Waals surface area contributed by atoms with Crippen LogP contribution in [0, 0.1) is 5.92 Å². The zero-order valence-corrected chi connectivity index (χ0v) is 13.5. The van der Waals surface area contributed by atoms with Gasteiger partial charge in [0.15, 0.2) is 0 Å². The van der Waals surface area contributed by atoms with Gasteiger partial charge in [0.05, 0.1) is 11.6 Å². The minimum atomic E-state index is -0.588. The van der Waals surface area contributed by atoms with Crippen molar-refractivity contribution in [2.24, 2.45) is 5.92 Å². The third-order valence-electron chi connectivity index (χ3n) is 4.58. The molecular weight excluding hydrogens is 266 g/mol. The van der Waals surface area contributed by atoms with Gasteiger partial charge in [-0.25, -0.2) is 0 Å². The highest BCUT2D eigenvalue weighted by Gasteiger charge is 2.25. The van der Waals surface area contributed by atoms with Gasteiger partial charge in [0.25, 0.3) is 0 Å². The number of carbonyl (C=O) groups is 1. The lowest BCUT2D eigenvalue weighted by Gasteiger charge is -2.34. The molecule has 122 valence electrons. The molecule has 2 unspecified atom stereocenters. The largest absolute Gasteiger partial charge is 0.390 e. The maximum Gasteiger partial charge on any atom is 0.237 e. The molecule has 2 heterocycles. The van der Waals surface area contributed by atoms with Crippen LogP contribution in [0.1, 0.15) is 46.0 Å². The number of amides is 1. The summed E-state index contributed by atoms with van der Waals surface area (Å²) in [4.78, 5) is 14.4. The summed E-state index contributed by atoms with van der Waals surface area (Å²) in [5.74, 6) is 0.715. The Morgan fingerprint density at radius 3 is 2.86 bits per heavy atom. The van der Waals surface area contributed by atoms with Crippen molar-refractivity contribution in [3.8, 4) is 0 Å². The summed E-state index contributed by atoms with van der Waals surface area (Å²) >= 11 is 0. The van der Waals surface area contributed by atoms with Crippen molar-refractivity contribution in [3.63, 3.8) is 0 Å². The number of aliphatic hydroxyl groups is 1. The van der Waals surface area contributed by atoms with Crippen LogP contribution in [0.15, 0.2) is 0 Å². The van der Waals surface area contributed by atoms with E-state index in [2.05, 4.69) is 15.5 Å². The summed E-state index contributed by atoms with van der Waals surface area (Å²) in [6.45, 7) is 8.58. The zero-order chi connectivity index (χ0) is 15.3. The van der Waals surface area contributed by atoms with E-state index in [1.807, 2.05) is 13.8 Å². The number of hydrogen-bond acceptors (Lipinski definition) is 4. The quantitative estimate of drug-likeness (QED) is 0.676. The number of rotatable bonds is 6. The van der Waals surface area contributed by atoms with Crippen molar-refractivity contribution in [3.05, 3.63) is 0 Å². The second-order valence-electron chi connectivity index (χ2n) is 7.27. The smallest absolute Gasteiger partial charge is 0.237 e. The Bertz CT molecular complexity index is 335. The van der Waals surface area contributed by atoms with Crippen molar-refractivity contribution in [2.45, 2.75) is 57.6 Å². The van der Waals surface area contributed by atoms with Crippen LogP contribution in [0.2, 0.25) is 0 Å². The average Bonchev–Trinajstić information content (AvgIpc) is 2.96. The van der Waals surface area contributed by atoms with Crippen LogP contribution >= 0.6 is 0 Å². The number of likely N-dealkylation sites (tertiary alicyclic amines) is 1. The molecule has 0 radical (unpaired) electrons. The molecule has 2 rings (SSSR count). The predicted molar refractivity (Wildman–Crippen MR) is 84.1 cm³/mol. The molecule has 2 atom stereocenters. The van der Waals surface area contributed by atoms with Gasteiger partial charge in [-0.15, -0.1) is 0 Å². The van der Waals surface area contributed by atoms with E-state index >= 15 is 0 Å². The Balaban J connectivity index is 1.67. The molecule has 0 saturated carbocycles. The Morgan fingerprint density at radius 2 is 2.19 bits per heavy atom. The Kier molecular flexibility index (Phi) is 6.02. The van der Waals surface area contributed by atoms with Gasteiger partial charge in [0.1, 0.15) is 0 Å². The molecule has 0 aromatic rings. The fraction of sp³-hybridized carbons (Fsp3) is 0.938. The van der Waals surface area contributed by atoms with Crippen molar-refractivity contribution in [1.82, 2.24) is 15.5 Å². The maximum absolute atomic E-state index is 12.0. The van der Waals surface area contributed by atoms with E-state index in [-0.39, 0.29) is 11.9 Å². The summed E-state index contributed by atoms with van der Waals surface area (Å²) < 4.78 is 0. The molecule has 21 heavy (non-hydrogen) atoms. The normalized spacial score (nSPS) is 27.8. The molecule has 2 saturated heterocycles.